The molecule has 1 atom stereocenters. The molecule has 0 aliphatic carbocycles. The van der Waals surface area contributed by atoms with E-state index in [-0.39, 0.29) is 12.3 Å². The van der Waals surface area contributed by atoms with E-state index in [4.69, 9.17) is 11.6 Å². The average Bonchev–Trinajstić information content (AvgIpc) is 2.49. The lowest BCUT2D eigenvalue weighted by Crippen LogP contribution is -2.30. The summed E-state index contributed by atoms with van der Waals surface area (Å²) in [6.45, 7) is 1.80. The zero-order chi connectivity index (χ0) is 18.6. The van der Waals surface area contributed by atoms with Gasteiger partial charge in [0, 0.05) is 17.1 Å². The molecule has 2 N–H and O–H groups in total. The van der Waals surface area contributed by atoms with Crippen molar-refractivity contribution in [3.05, 3.63) is 64.4 Å². The average molecular weight is 385 g/mol. The summed E-state index contributed by atoms with van der Waals surface area (Å²) >= 11 is 5.88. The lowest BCUT2D eigenvalue weighted by atomic mass is 10.0. The second kappa shape index (κ2) is 7.95. The molecule has 25 heavy (non-hydrogen) atoms. The van der Waals surface area contributed by atoms with Crippen LogP contribution in [0.1, 0.15) is 23.6 Å². The Balaban J connectivity index is 2.17. The summed E-state index contributed by atoms with van der Waals surface area (Å²) in [6, 6.07) is 9.55. The van der Waals surface area contributed by atoms with E-state index in [0.717, 1.165) is 11.8 Å². The summed E-state index contributed by atoms with van der Waals surface area (Å²) in [6.07, 6.45) is 0.867. The number of carbonyl (C=O) groups excluding carboxylic acids is 1. The number of amides is 1. The Kier molecular flexibility index (Phi) is 6.16. The fourth-order valence-corrected chi connectivity index (χ4v) is 3.30. The van der Waals surface area contributed by atoms with Gasteiger partial charge in [-0.3, -0.25) is 4.79 Å². The summed E-state index contributed by atoms with van der Waals surface area (Å²) in [5.74, 6) is -0.820. The van der Waals surface area contributed by atoms with Gasteiger partial charge in [-0.2, -0.15) is 0 Å². The molecule has 134 valence electrons. The van der Waals surface area contributed by atoms with Crippen molar-refractivity contribution in [1.29, 1.82) is 0 Å². The summed E-state index contributed by atoms with van der Waals surface area (Å²) < 4.78 is 38.7. The van der Waals surface area contributed by atoms with E-state index in [0.29, 0.717) is 16.3 Å². The minimum absolute atomic E-state index is 0.138. The molecule has 0 aliphatic rings. The van der Waals surface area contributed by atoms with Crippen LogP contribution in [-0.4, -0.2) is 20.6 Å². The summed E-state index contributed by atoms with van der Waals surface area (Å²) in [5, 5.41) is 3.28. The van der Waals surface area contributed by atoms with Crippen LogP contribution >= 0.6 is 11.6 Å². The molecule has 0 bridgehead atoms. The monoisotopic (exact) mass is 384 g/mol. The number of halogens is 2. The van der Waals surface area contributed by atoms with E-state index < -0.39 is 21.9 Å². The SMILES string of the molecule is Cc1cc(Cl)ccc1NC(=O)C[C@H](NS(C)(=O)=O)c1ccc(F)cc1. The minimum Gasteiger partial charge on any atom is -0.326 e. The zero-order valence-electron chi connectivity index (χ0n) is 13.7. The molecule has 0 spiro atoms. The highest BCUT2D eigenvalue weighted by atomic mass is 35.5. The first-order valence-corrected chi connectivity index (χ1v) is 9.70. The van der Waals surface area contributed by atoms with E-state index in [1.165, 1.54) is 24.3 Å². The molecule has 2 aromatic carbocycles. The Labute approximate surface area is 151 Å². The molecule has 0 radical (unpaired) electrons. The van der Waals surface area contributed by atoms with Crippen molar-refractivity contribution in [1.82, 2.24) is 4.72 Å². The van der Waals surface area contributed by atoms with Gasteiger partial charge in [-0.15, -0.1) is 0 Å². The fraction of sp³-hybridized carbons (Fsp3) is 0.235. The highest BCUT2D eigenvalue weighted by Gasteiger charge is 2.20. The highest BCUT2D eigenvalue weighted by Crippen LogP contribution is 2.22. The van der Waals surface area contributed by atoms with E-state index in [1.807, 2.05) is 0 Å². The molecule has 5 nitrogen and oxygen atoms in total. The van der Waals surface area contributed by atoms with E-state index in [2.05, 4.69) is 10.0 Å². The molecule has 0 aliphatic heterocycles. The number of aryl methyl sites for hydroxylation is 1. The van der Waals surface area contributed by atoms with Gasteiger partial charge in [-0.25, -0.2) is 17.5 Å². The number of carbonyl (C=O) groups is 1. The summed E-state index contributed by atoms with van der Waals surface area (Å²) in [5.41, 5.74) is 1.87. The van der Waals surface area contributed by atoms with E-state index >= 15 is 0 Å². The Morgan fingerprint density at radius 1 is 1.20 bits per heavy atom. The van der Waals surface area contributed by atoms with Gasteiger partial charge in [0.1, 0.15) is 5.82 Å². The molecule has 8 heteroatoms. The first-order chi connectivity index (χ1) is 11.6. The van der Waals surface area contributed by atoms with Gasteiger partial charge >= 0.3 is 0 Å². The van der Waals surface area contributed by atoms with E-state index in [1.54, 1.807) is 25.1 Å². The number of nitrogens with one attached hydrogen (secondary N) is 2. The van der Waals surface area contributed by atoms with Crippen molar-refractivity contribution in [2.45, 2.75) is 19.4 Å². The van der Waals surface area contributed by atoms with Crippen LogP contribution in [0, 0.1) is 12.7 Å². The van der Waals surface area contributed by atoms with Gasteiger partial charge < -0.3 is 5.32 Å². The zero-order valence-corrected chi connectivity index (χ0v) is 15.3. The maximum Gasteiger partial charge on any atom is 0.226 e. The van der Waals surface area contributed by atoms with Crippen molar-refractivity contribution < 1.29 is 17.6 Å². The molecule has 0 saturated carbocycles. The predicted molar refractivity (Wildman–Crippen MR) is 96.6 cm³/mol. The topological polar surface area (TPSA) is 75.3 Å². The molecular weight excluding hydrogens is 367 g/mol. The van der Waals surface area contributed by atoms with Crippen LogP contribution in [0.3, 0.4) is 0 Å². The van der Waals surface area contributed by atoms with Crippen LogP contribution in [0.25, 0.3) is 0 Å². The van der Waals surface area contributed by atoms with Gasteiger partial charge in [-0.05, 0) is 48.4 Å². The normalized spacial score (nSPS) is 12.6. The lowest BCUT2D eigenvalue weighted by molar-refractivity contribution is -0.116. The third-order valence-corrected chi connectivity index (χ3v) is 4.43. The lowest BCUT2D eigenvalue weighted by Gasteiger charge is -2.18. The number of rotatable bonds is 6. The van der Waals surface area contributed by atoms with Gasteiger partial charge in [0.25, 0.3) is 0 Å². The molecule has 0 saturated heterocycles. The third kappa shape index (κ3) is 6.12. The van der Waals surface area contributed by atoms with Crippen molar-refractivity contribution in [2.75, 3.05) is 11.6 Å². The minimum atomic E-state index is -3.56. The highest BCUT2D eigenvalue weighted by molar-refractivity contribution is 7.88. The number of sulfonamides is 1. The van der Waals surface area contributed by atoms with Gasteiger partial charge in [0.15, 0.2) is 0 Å². The van der Waals surface area contributed by atoms with Crippen LogP contribution in [0.4, 0.5) is 10.1 Å². The van der Waals surface area contributed by atoms with Crippen molar-refractivity contribution in [3.8, 4) is 0 Å². The molecule has 0 heterocycles. The largest absolute Gasteiger partial charge is 0.326 e. The van der Waals surface area contributed by atoms with Crippen molar-refractivity contribution >= 4 is 33.2 Å². The Morgan fingerprint density at radius 3 is 2.40 bits per heavy atom. The molecule has 2 rings (SSSR count). The van der Waals surface area contributed by atoms with Crippen LogP contribution < -0.4 is 10.0 Å². The fourth-order valence-electron chi connectivity index (χ4n) is 2.34. The quantitative estimate of drug-likeness (QED) is 0.801. The van der Waals surface area contributed by atoms with Crippen LogP contribution in [0.5, 0.6) is 0 Å². The molecule has 2 aromatic rings. The first-order valence-electron chi connectivity index (χ1n) is 7.43. The van der Waals surface area contributed by atoms with E-state index in [9.17, 15) is 17.6 Å². The second-order valence-electron chi connectivity index (χ2n) is 5.71. The second-order valence-corrected chi connectivity index (χ2v) is 7.92. The first kappa shape index (κ1) is 19.4. The molecular formula is C17H18ClFN2O3S. The number of anilines is 1. The van der Waals surface area contributed by atoms with Crippen LogP contribution in [0.15, 0.2) is 42.5 Å². The molecule has 1 amide bonds. The summed E-state index contributed by atoms with van der Waals surface area (Å²) in [7, 11) is -3.56. The third-order valence-electron chi connectivity index (χ3n) is 3.48. The maximum atomic E-state index is 13.1. The predicted octanol–water partition coefficient (Wildman–Crippen LogP) is 3.41. The Morgan fingerprint density at radius 2 is 1.84 bits per heavy atom. The maximum absolute atomic E-state index is 13.1. The molecule has 0 unspecified atom stereocenters. The smallest absolute Gasteiger partial charge is 0.226 e. The Bertz CT molecular complexity index is 870. The van der Waals surface area contributed by atoms with Crippen LogP contribution in [-0.2, 0) is 14.8 Å². The van der Waals surface area contributed by atoms with Gasteiger partial charge in [0.2, 0.25) is 15.9 Å². The summed E-state index contributed by atoms with van der Waals surface area (Å²) in [4.78, 5) is 12.3. The number of benzene rings is 2. The van der Waals surface area contributed by atoms with Crippen LogP contribution in [0.2, 0.25) is 5.02 Å². The number of hydrogen-bond donors (Lipinski definition) is 2. The van der Waals surface area contributed by atoms with Gasteiger partial charge in [-0.1, -0.05) is 23.7 Å². The van der Waals surface area contributed by atoms with Crippen molar-refractivity contribution in [3.63, 3.8) is 0 Å². The van der Waals surface area contributed by atoms with Gasteiger partial charge in [0.05, 0.1) is 12.3 Å². The standard InChI is InChI=1S/C17H18ClFN2O3S/c1-11-9-13(18)5-8-15(11)20-17(22)10-16(21-25(2,23)24)12-3-6-14(19)7-4-12/h3-9,16,21H,10H2,1-2H3,(H,20,22)/t16-/m0/s1. The Hall–Kier alpha value is -1.96. The number of hydrogen-bond acceptors (Lipinski definition) is 3. The molecule has 0 fully saturated rings. The van der Waals surface area contributed by atoms with Crippen molar-refractivity contribution in [2.24, 2.45) is 0 Å². The molecule has 0 aromatic heterocycles.